The molecular weight excluding hydrogens is 336 g/mol. The minimum absolute atomic E-state index is 0.106. The van der Waals surface area contributed by atoms with Gasteiger partial charge in [0.25, 0.3) is 11.6 Å². The monoisotopic (exact) mass is 358 g/mol. The number of ether oxygens (including phenoxy) is 2. The van der Waals surface area contributed by atoms with Crippen molar-refractivity contribution in [1.82, 2.24) is 0 Å². The Hall–Kier alpha value is -3.09. The number of amides is 1. The van der Waals surface area contributed by atoms with Crippen molar-refractivity contribution >= 4 is 17.3 Å². The Labute approximate surface area is 152 Å². The molecule has 138 valence electrons. The smallest absolute Gasteiger partial charge is 0.296 e. The van der Waals surface area contributed by atoms with Crippen LogP contribution in [0.3, 0.4) is 0 Å². The number of nitrogens with zero attached hydrogens (tertiary/aromatic N) is 1. The predicted molar refractivity (Wildman–Crippen MR) is 98.8 cm³/mol. The van der Waals surface area contributed by atoms with E-state index in [-0.39, 0.29) is 18.0 Å². The lowest BCUT2D eigenvalue weighted by atomic mass is 10.2. The largest absolute Gasteiger partial charge is 0.493 e. The van der Waals surface area contributed by atoms with Crippen LogP contribution in [-0.4, -0.2) is 24.0 Å². The van der Waals surface area contributed by atoms with Gasteiger partial charge in [-0.25, -0.2) is 0 Å². The van der Waals surface area contributed by atoms with Crippen LogP contribution in [0.2, 0.25) is 0 Å². The van der Waals surface area contributed by atoms with Crippen LogP contribution in [0.5, 0.6) is 11.5 Å². The topological polar surface area (TPSA) is 90.7 Å². The number of carbonyl (C=O) groups excluding carboxylic acids is 1. The molecule has 0 aliphatic carbocycles. The van der Waals surface area contributed by atoms with Crippen LogP contribution < -0.4 is 14.8 Å². The molecule has 0 heterocycles. The molecule has 0 unspecified atom stereocenters. The van der Waals surface area contributed by atoms with Gasteiger partial charge in [0.05, 0.1) is 17.6 Å². The predicted octanol–water partition coefficient (Wildman–Crippen LogP) is 3.96. The number of nitrogens with one attached hydrogen (secondary N) is 1. The Kier molecular flexibility index (Phi) is 6.96. The minimum atomic E-state index is -0.556. The van der Waals surface area contributed by atoms with Crippen LogP contribution >= 0.6 is 0 Å². The highest BCUT2D eigenvalue weighted by molar-refractivity contribution is 5.94. The van der Waals surface area contributed by atoms with Gasteiger partial charge in [-0.3, -0.25) is 14.9 Å². The first-order chi connectivity index (χ1) is 12.5. The molecule has 1 amide bonds. The second-order valence-electron chi connectivity index (χ2n) is 5.62. The van der Waals surface area contributed by atoms with Gasteiger partial charge in [-0.2, -0.15) is 0 Å². The summed E-state index contributed by atoms with van der Waals surface area (Å²) >= 11 is 0. The maximum Gasteiger partial charge on any atom is 0.296 e. The Bertz CT molecular complexity index is 776. The third kappa shape index (κ3) is 5.47. The quantitative estimate of drug-likeness (QED) is 0.541. The highest BCUT2D eigenvalue weighted by Crippen LogP contribution is 2.29. The Morgan fingerprint density at radius 3 is 2.58 bits per heavy atom. The van der Waals surface area contributed by atoms with Crippen LogP contribution in [0.25, 0.3) is 0 Å². The van der Waals surface area contributed by atoms with Crippen LogP contribution in [0, 0.1) is 10.1 Å². The first kappa shape index (κ1) is 19.2. The molecule has 0 aromatic heterocycles. The summed E-state index contributed by atoms with van der Waals surface area (Å²) in [4.78, 5) is 22.8. The van der Waals surface area contributed by atoms with Gasteiger partial charge in [-0.1, -0.05) is 26.0 Å². The molecule has 0 aliphatic rings. The van der Waals surface area contributed by atoms with Gasteiger partial charge in [0.2, 0.25) is 0 Å². The Balaban J connectivity index is 2.02. The van der Waals surface area contributed by atoms with Crippen LogP contribution in [0.1, 0.15) is 25.8 Å². The van der Waals surface area contributed by atoms with Crippen molar-refractivity contribution < 1.29 is 19.2 Å². The van der Waals surface area contributed by atoms with Gasteiger partial charge in [0, 0.05) is 0 Å². The zero-order valence-electron chi connectivity index (χ0n) is 14.9. The lowest BCUT2D eigenvalue weighted by Gasteiger charge is -2.10. The van der Waals surface area contributed by atoms with E-state index in [2.05, 4.69) is 5.32 Å². The second-order valence-corrected chi connectivity index (χ2v) is 5.62. The van der Waals surface area contributed by atoms with E-state index in [0.29, 0.717) is 18.1 Å². The number of carbonyl (C=O) groups is 1. The summed E-state index contributed by atoms with van der Waals surface area (Å²) < 4.78 is 10.8. The van der Waals surface area contributed by atoms with Crippen molar-refractivity contribution in [2.75, 3.05) is 18.5 Å². The number of hydrogen-bond donors (Lipinski definition) is 1. The highest BCUT2D eigenvalue weighted by atomic mass is 16.6. The lowest BCUT2D eigenvalue weighted by molar-refractivity contribution is -0.384. The number of nitro benzene ring substituents is 1. The summed E-state index contributed by atoms with van der Waals surface area (Å²) in [6, 6.07) is 11.8. The van der Waals surface area contributed by atoms with E-state index in [9.17, 15) is 14.9 Å². The molecule has 1 N–H and O–H groups in total. The zero-order chi connectivity index (χ0) is 18.9. The molecule has 2 aromatic rings. The van der Waals surface area contributed by atoms with Crippen molar-refractivity contribution in [2.45, 2.75) is 26.7 Å². The first-order valence-electron chi connectivity index (χ1n) is 8.46. The summed E-state index contributed by atoms with van der Waals surface area (Å²) in [6.07, 6.45) is 1.66. The van der Waals surface area contributed by atoms with E-state index >= 15 is 0 Å². The molecule has 26 heavy (non-hydrogen) atoms. The molecule has 7 heteroatoms. The van der Waals surface area contributed by atoms with Crippen molar-refractivity contribution in [1.29, 1.82) is 0 Å². The summed E-state index contributed by atoms with van der Waals surface area (Å²) in [7, 11) is 0. The van der Waals surface area contributed by atoms with Gasteiger partial charge < -0.3 is 14.8 Å². The number of anilines is 1. The summed E-state index contributed by atoms with van der Waals surface area (Å²) in [5.74, 6) is 0.499. The Morgan fingerprint density at radius 2 is 1.88 bits per heavy atom. The van der Waals surface area contributed by atoms with Gasteiger partial charge in [-0.05, 0) is 42.7 Å². The molecular formula is C19H22N2O5. The maximum absolute atomic E-state index is 12.1. The number of rotatable bonds is 9. The number of aryl methyl sites for hydroxylation is 1. The van der Waals surface area contributed by atoms with Crippen molar-refractivity contribution in [3.05, 3.63) is 58.1 Å². The van der Waals surface area contributed by atoms with Crippen LogP contribution in [0.15, 0.2) is 42.5 Å². The van der Waals surface area contributed by atoms with Gasteiger partial charge in [-0.15, -0.1) is 0 Å². The third-order valence-electron chi connectivity index (χ3n) is 3.59. The molecule has 0 aliphatic heterocycles. The van der Waals surface area contributed by atoms with Crippen molar-refractivity contribution in [3.63, 3.8) is 0 Å². The van der Waals surface area contributed by atoms with E-state index in [1.807, 2.05) is 32.0 Å². The van der Waals surface area contributed by atoms with Gasteiger partial charge in [0.1, 0.15) is 17.2 Å². The van der Waals surface area contributed by atoms with Gasteiger partial charge in [0.15, 0.2) is 6.61 Å². The van der Waals surface area contributed by atoms with Gasteiger partial charge >= 0.3 is 0 Å². The average Bonchev–Trinajstić information content (AvgIpc) is 2.65. The van der Waals surface area contributed by atoms with Crippen LogP contribution in [0.4, 0.5) is 11.4 Å². The fourth-order valence-corrected chi connectivity index (χ4v) is 2.27. The summed E-state index contributed by atoms with van der Waals surface area (Å²) in [5, 5.41) is 13.8. The SMILES string of the molecule is CCCOc1ccc(NC(=O)COc2cccc(CC)c2)c([N+](=O)[O-])c1. The summed E-state index contributed by atoms with van der Waals surface area (Å²) in [5.41, 5.74) is 0.982. The number of benzene rings is 2. The fraction of sp³-hybridized carbons (Fsp3) is 0.316. The molecule has 2 rings (SSSR count). The molecule has 2 aromatic carbocycles. The number of nitro groups is 1. The van der Waals surface area contributed by atoms with E-state index in [4.69, 9.17) is 9.47 Å². The molecule has 0 bridgehead atoms. The third-order valence-corrected chi connectivity index (χ3v) is 3.59. The molecule has 0 atom stereocenters. The summed E-state index contributed by atoms with van der Waals surface area (Å²) in [6.45, 7) is 4.20. The molecule has 0 radical (unpaired) electrons. The van der Waals surface area contributed by atoms with E-state index in [1.165, 1.54) is 12.1 Å². The first-order valence-corrected chi connectivity index (χ1v) is 8.46. The molecule has 0 spiro atoms. The van der Waals surface area contributed by atoms with E-state index in [0.717, 1.165) is 18.4 Å². The molecule has 0 fully saturated rings. The standard InChI is InChI=1S/C19H22N2O5/c1-3-10-25-16-8-9-17(18(12-16)21(23)24)20-19(22)13-26-15-7-5-6-14(4-2)11-15/h5-9,11-12H,3-4,10,13H2,1-2H3,(H,20,22). The number of hydrogen-bond acceptors (Lipinski definition) is 5. The normalized spacial score (nSPS) is 10.2. The fourth-order valence-electron chi connectivity index (χ4n) is 2.27. The second kappa shape index (κ2) is 9.41. The van der Waals surface area contributed by atoms with E-state index in [1.54, 1.807) is 12.1 Å². The molecule has 7 nitrogen and oxygen atoms in total. The molecule has 0 saturated carbocycles. The lowest BCUT2D eigenvalue weighted by Crippen LogP contribution is -2.20. The van der Waals surface area contributed by atoms with E-state index < -0.39 is 10.8 Å². The highest BCUT2D eigenvalue weighted by Gasteiger charge is 2.17. The van der Waals surface area contributed by atoms with Crippen molar-refractivity contribution in [3.8, 4) is 11.5 Å². The Morgan fingerprint density at radius 1 is 1.12 bits per heavy atom. The molecule has 0 saturated heterocycles. The average molecular weight is 358 g/mol. The van der Waals surface area contributed by atoms with Crippen molar-refractivity contribution in [2.24, 2.45) is 0 Å². The van der Waals surface area contributed by atoms with Crippen LogP contribution in [-0.2, 0) is 11.2 Å². The zero-order valence-corrected chi connectivity index (χ0v) is 14.9. The minimum Gasteiger partial charge on any atom is -0.493 e. The maximum atomic E-state index is 12.1.